The van der Waals surface area contributed by atoms with Crippen LogP contribution < -0.4 is 5.73 Å². The number of morpholine rings is 1. The summed E-state index contributed by atoms with van der Waals surface area (Å²) in [6.07, 6.45) is 3.76. The Morgan fingerprint density at radius 2 is 1.72 bits per heavy atom. The Morgan fingerprint density at radius 3 is 2.36 bits per heavy atom. The van der Waals surface area contributed by atoms with Crippen LogP contribution >= 0.6 is 24.0 Å². The van der Waals surface area contributed by atoms with Gasteiger partial charge in [0, 0.05) is 26.2 Å². The van der Waals surface area contributed by atoms with Gasteiger partial charge in [0.15, 0.2) is 5.96 Å². The molecule has 2 heterocycles. The predicted octanol–water partition coefficient (Wildman–Crippen LogP) is 2.79. The van der Waals surface area contributed by atoms with E-state index >= 15 is 0 Å². The topological polar surface area (TPSA) is 54.1 Å². The van der Waals surface area contributed by atoms with Gasteiger partial charge in [-0.25, -0.2) is 0 Å². The fourth-order valence-electron chi connectivity index (χ4n) is 3.51. The van der Waals surface area contributed by atoms with Gasteiger partial charge in [-0.15, -0.1) is 24.0 Å². The van der Waals surface area contributed by atoms with Crippen LogP contribution in [-0.4, -0.2) is 61.7 Å². The maximum Gasteiger partial charge on any atom is 0.191 e. The number of hydrogen-bond acceptors (Lipinski definition) is 3. The van der Waals surface area contributed by atoms with Gasteiger partial charge in [0.05, 0.1) is 25.8 Å². The van der Waals surface area contributed by atoms with Crippen molar-refractivity contribution < 1.29 is 4.74 Å². The highest BCUT2D eigenvalue weighted by Crippen LogP contribution is 2.23. The molecule has 5 nitrogen and oxygen atoms in total. The van der Waals surface area contributed by atoms with Crippen LogP contribution in [0.1, 0.15) is 36.4 Å². The zero-order valence-corrected chi connectivity index (χ0v) is 17.5. The molecule has 25 heavy (non-hydrogen) atoms. The molecular weight excluding hydrogens is 427 g/mol. The van der Waals surface area contributed by atoms with E-state index in [0.29, 0.717) is 12.5 Å². The van der Waals surface area contributed by atoms with E-state index in [1.165, 1.54) is 30.4 Å². The zero-order valence-electron chi connectivity index (χ0n) is 15.2. The van der Waals surface area contributed by atoms with Crippen LogP contribution in [-0.2, 0) is 4.74 Å². The summed E-state index contributed by atoms with van der Waals surface area (Å²) in [4.78, 5) is 9.46. The number of nitrogens with two attached hydrogens (primary N) is 1. The monoisotopic (exact) mass is 458 g/mol. The number of piperidine rings is 1. The van der Waals surface area contributed by atoms with Gasteiger partial charge in [0.25, 0.3) is 0 Å². The van der Waals surface area contributed by atoms with Crippen molar-refractivity contribution in [1.29, 1.82) is 0 Å². The number of rotatable bonds is 4. The third kappa shape index (κ3) is 5.82. The van der Waals surface area contributed by atoms with Gasteiger partial charge in [0.1, 0.15) is 0 Å². The SMILES string of the molecule is Cc1ccc(C(CN=C(N)N2CCCCC2)N2CCOCC2)cc1.I. The Labute approximate surface area is 168 Å². The summed E-state index contributed by atoms with van der Waals surface area (Å²) in [7, 11) is 0. The number of aliphatic imine (C=N–C) groups is 1. The number of hydrogen-bond donors (Lipinski definition) is 1. The van der Waals surface area contributed by atoms with Crippen LogP contribution in [0.25, 0.3) is 0 Å². The Morgan fingerprint density at radius 1 is 1.08 bits per heavy atom. The van der Waals surface area contributed by atoms with Crippen LogP contribution in [0.5, 0.6) is 0 Å². The van der Waals surface area contributed by atoms with Crippen molar-refractivity contribution in [1.82, 2.24) is 9.80 Å². The fourth-order valence-corrected chi connectivity index (χ4v) is 3.51. The average molecular weight is 458 g/mol. The van der Waals surface area contributed by atoms with Crippen LogP contribution in [0, 0.1) is 6.92 Å². The van der Waals surface area contributed by atoms with E-state index in [-0.39, 0.29) is 30.0 Å². The largest absolute Gasteiger partial charge is 0.379 e. The zero-order chi connectivity index (χ0) is 16.8. The molecule has 6 heteroatoms. The lowest BCUT2D eigenvalue weighted by atomic mass is 10.0. The summed E-state index contributed by atoms with van der Waals surface area (Å²) in [6.45, 7) is 8.44. The van der Waals surface area contributed by atoms with Gasteiger partial charge in [-0.05, 0) is 31.7 Å². The van der Waals surface area contributed by atoms with Crippen molar-refractivity contribution in [3.05, 3.63) is 35.4 Å². The Bertz CT molecular complexity index is 537. The summed E-state index contributed by atoms with van der Waals surface area (Å²) < 4.78 is 5.52. The maximum absolute atomic E-state index is 6.26. The van der Waals surface area contributed by atoms with E-state index in [1.54, 1.807) is 0 Å². The van der Waals surface area contributed by atoms with Crippen molar-refractivity contribution in [2.75, 3.05) is 45.9 Å². The van der Waals surface area contributed by atoms with Crippen LogP contribution in [0.4, 0.5) is 0 Å². The summed E-state index contributed by atoms with van der Waals surface area (Å²) >= 11 is 0. The minimum absolute atomic E-state index is 0. The van der Waals surface area contributed by atoms with Crippen LogP contribution in [0.3, 0.4) is 0 Å². The standard InChI is InChI=1S/C19H30N4O.HI/c1-16-5-7-17(8-6-16)18(22-11-13-24-14-12-22)15-21-19(20)23-9-3-2-4-10-23;/h5-8,18H,2-4,9-15H2,1H3,(H2,20,21);1H. The Hall–Kier alpha value is -0.860. The van der Waals surface area contributed by atoms with Gasteiger partial charge in [-0.2, -0.15) is 0 Å². The van der Waals surface area contributed by atoms with E-state index < -0.39 is 0 Å². The van der Waals surface area contributed by atoms with Crippen molar-refractivity contribution in [2.24, 2.45) is 10.7 Å². The summed E-state index contributed by atoms with van der Waals surface area (Å²) in [5.41, 5.74) is 8.87. The molecule has 2 aliphatic heterocycles. The molecule has 1 aromatic carbocycles. The summed E-state index contributed by atoms with van der Waals surface area (Å²) in [6, 6.07) is 9.09. The molecule has 2 saturated heterocycles. The first-order chi connectivity index (χ1) is 11.7. The number of benzene rings is 1. The summed E-state index contributed by atoms with van der Waals surface area (Å²) in [5.74, 6) is 0.708. The summed E-state index contributed by atoms with van der Waals surface area (Å²) in [5, 5.41) is 0. The van der Waals surface area contributed by atoms with E-state index in [0.717, 1.165) is 39.4 Å². The number of guanidine groups is 1. The van der Waals surface area contributed by atoms with Crippen LogP contribution in [0.15, 0.2) is 29.3 Å². The molecule has 2 fully saturated rings. The molecule has 3 rings (SSSR count). The third-order valence-electron chi connectivity index (χ3n) is 5.05. The molecule has 1 aromatic rings. The number of likely N-dealkylation sites (tertiary alicyclic amines) is 1. The van der Waals surface area contributed by atoms with Gasteiger partial charge in [-0.3, -0.25) is 9.89 Å². The molecule has 0 amide bonds. The minimum Gasteiger partial charge on any atom is -0.379 e. The molecule has 0 spiro atoms. The molecule has 1 unspecified atom stereocenters. The van der Waals surface area contributed by atoms with Crippen molar-refractivity contribution >= 4 is 29.9 Å². The van der Waals surface area contributed by atoms with E-state index in [1.807, 2.05) is 0 Å². The first kappa shape index (κ1) is 20.5. The molecule has 1 atom stereocenters. The smallest absolute Gasteiger partial charge is 0.191 e. The molecular formula is C19H31IN4O. The van der Waals surface area contributed by atoms with Gasteiger partial charge in [0.2, 0.25) is 0 Å². The highest BCUT2D eigenvalue weighted by atomic mass is 127. The first-order valence-corrected chi connectivity index (χ1v) is 9.17. The predicted molar refractivity (Wildman–Crippen MR) is 114 cm³/mol. The van der Waals surface area contributed by atoms with Crippen LogP contribution in [0.2, 0.25) is 0 Å². The molecule has 2 N–H and O–H groups in total. The van der Waals surface area contributed by atoms with E-state index in [9.17, 15) is 0 Å². The Balaban J connectivity index is 0.00000225. The minimum atomic E-state index is 0. The highest BCUT2D eigenvalue weighted by molar-refractivity contribution is 14.0. The second kappa shape index (κ2) is 10.3. The van der Waals surface area contributed by atoms with Crippen molar-refractivity contribution in [3.8, 4) is 0 Å². The second-order valence-electron chi connectivity index (χ2n) is 6.82. The van der Waals surface area contributed by atoms with Gasteiger partial charge >= 0.3 is 0 Å². The average Bonchev–Trinajstić information content (AvgIpc) is 2.65. The number of halogens is 1. The van der Waals surface area contributed by atoms with E-state index in [2.05, 4.69) is 41.0 Å². The lowest BCUT2D eigenvalue weighted by Gasteiger charge is -2.34. The number of ether oxygens (including phenoxy) is 1. The third-order valence-corrected chi connectivity index (χ3v) is 5.05. The molecule has 0 aliphatic carbocycles. The maximum atomic E-state index is 6.26. The van der Waals surface area contributed by atoms with Crippen molar-refractivity contribution in [2.45, 2.75) is 32.2 Å². The normalized spacial score (nSPS) is 20.8. The number of aryl methyl sites for hydroxylation is 1. The van der Waals surface area contributed by atoms with Gasteiger partial charge < -0.3 is 15.4 Å². The first-order valence-electron chi connectivity index (χ1n) is 9.17. The lowest BCUT2D eigenvalue weighted by molar-refractivity contribution is 0.0179. The molecule has 2 aliphatic rings. The fraction of sp³-hybridized carbons (Fsp3) is 0.632. The van der Waals surface area contributed by atoms with Gasteiger partial charge in [-0.1, -0.05) is 29.8 Å². The second-order valence-corrected chi connectivity index (χ2v) is 6.82. The molecule has 0 saturated carbocycles. The van der Waals surface area contributed by atoms with E-state index in [4.69, 9.17) is 15.5 Å². The lowest BCUT2D eigenvalue weighted by Crippen LogP contribution is -2.43. The Kier molecular flexibility index (Phi) is 8.45. The highest BCUT2D eigenvalue weighted by Gasteiger charge is 2.23. The molecule has 140 valence electrons. The molecule has 0 radical (unpaired) electrons. The quantitative estimate of drug-likeness (QED) is 0.429. The molecule has 0 bridgehead atoms. The van der Waals surface area contributed by atoms with Crippen molar-refractivity contribution in [3.63, 3.8) is 0 Å². The number of nitrogens with zero attached hydrogens (tertiary/aromatic N) is 3. The molecule has 0 aromatic heterocycles.